The lowest BCUT2D eigenvalue weighted by molar-refractivity contribution is -0.137. The summed E-state index contributed by atoms with van der Waals surface area (Å²) in [4.78, 5) is 0. The minimum absolute atomic E-state index is 0.0421. The Morgan fingerprint density at radius 2 is 1.00 bits per heavy atom. The highest BCUT2D eigenvalue weighted by Gasteiger charge is 2.36. The highest BCUT2D eigenvalue weighted by atomic mass is 35.9. The van der Waals surface area contributed by atoms with Gasteiger partial charge >= 0.3 is 12.4 Å². The van der Waals surface area contributed by atoms with Gasteiger partial charge in [0.2, 0.25) is 0 Å². The topological polar surface area (TPSA) is 0 Å². The van der Waals surface area contributed by atoms with E-state index in [0.717, 1.165) is 12.1 Å². The molecule has 200 valence electrons. The van der Waals surface area contributed by atoms with Gasteiger partial charge in [0.15, 0.2) is 0 Å². The molecule has 0 aliphatic rings. The van der Waals surface area contributed by atoms with Crippen molar-refractivity contribution < 1.29 is 26.3 Å². The lowest BCUT2D eigenvalue weighted by Gasteiger charge is -2.17. The van der Waals surface area contributed by atoms with Gasteiger partial charge in [-0.25, -0.2) is 0 Å². The van der Waals surface area contributed by atoms with Crippen molar-refractivity contribution in [2.24, 2.45) is 0 Å². The maximum absolute atomic E-state index is 13.0. The second kappa shape index (κ2) is 13.2. The minimum atomic E-state index is -4.47. The second-order valence-corrected chi connectivity index (χ2v) is 14.6. The number of hydrogen-bond donors (Lipinski definition) is 0. The van der Waals surface area contributed by atoms with Crippen LogP contribution in [0.2, 0.25) is 0 Å². The first-order valence-corrected chi connectivity index (χ1v) is 16.9. The van der Waals surface area contributed by atoms with E-state index < -0.39 is 36.7 Å². The molecule has 0 saturated carbocycles. The monoisotopic (exact) mass is 644 g/mol. The van der Waals surface area contributed by atoms with Gasteiger partial charge in [-0.3, -0.25) is 0 Å². The van der Waals surface area contributed by atoms with Crippen molar-refractivity contribution in [2.45, 2.75) is 12.4 Å². The maximum atomic E-state index is 13.0. The molecule has 0 amide bonds. The summed E-state index contributed by atoms with van der Waals surface area (Å²) >= 11 is 22.9. The van der Waals surface area contributed by atoms with Crippen LogP contribution in [0.15, 0.2) is 97.1 Å². The Bertz CT molecular complexity index is 1330. The zero-order valence-corrected chi connectivity index (χ0v) is 23.7. The van der Waals surface area contributed by atoms with Crippen LogP contribution in [0.1, 0.15) is 11.1 Å². The Morgan fingerprint density at radius 3 is 1.47 bits per heavy atom. The molecule has 38 heavy (non-hydrogen) atoms. The molecule has 0 aliphatic heterocycles. The number of benzene rings is 4. The smallest absolute Gasteiger partial charge is 0.166 e. The first-order chi connectivity index (χ1) is 17.8. The summed E-state index contributed by atoms with van der Waals surface area (Å²) in [5.41, 5.74) is 0.744. The van der Waals surface area contributed by atoms with Crippen LogP contribution in [0.4, 0.5) is 26.3 Å². The van der Waals surface area contributed by atoms with E-state index in [1.165, 1.54) is 12.1 Å². The van der Waals surface area contributed by atoms with Crippen LogP contribution in [0.25, 0.3) is 22.3 Å². The van der Waals surface area contributed by atoms with Crippen molar-refractivity contribution in [1.29, 1.82) is 0 Å². The van der Waals surface area contributed by atoms with E-state index in [2.05, 4.69) is 0 Å². The van der Waals surface area contributed by atoms with Gasteiger partial charge < -0.3 is 0 Å². The van der Waals surface area contributed by atoms with Crippen LogP contribution in [-0.4, -0.2) is 0 Å². The molecule has 0 spiro atoms. The Hall–Kier alpha value is -1.52. The largest absolute Gasteiger partial charge is 0.417 e. The Labute approximate surface area is 237 Å². The molecule has 0 saturated heterocycles. The van der Waals surface area contributed by atoms with Gasteiger partial charge in [-0.2, -0.15) is 26.3 Å². The third-order valence-corrected chi connectivity index (χ3v) is 8.87. The molecule has 0 N–H and O–H groups in total. The lowest BCUT2D eigenvalue weighted by atomic mass is 10.0. The summed E-state index contributed by atoms with van der Waals surface area (Å²) in [6, 6.07) is 25.6. The Balaban J connectivity index is 0.000000211. The van der Waals surface area contributed by atoms with Crippen molar-refractivity contribution in [3.05, 3.63) is 108 Å². The summed E-state index contributed by atoms with van der Waals surface area (Å²) in [6.07, 6.45) is -8.94. The van der Waals surface area contributed by atoms with Crippen LogP contribution < -0.4 is 10.6 Å². The van der Waals surface area contributed by atoms with Gasteiger partial charge in [0, 0.05) is 10.6 Å². The molecule has 0 unspecified atom stereocenters. The summed E-state index contributed by atoms with van der Waals surface area (Å²) in [5, 5.41) is -0.106. The lowest BCUT2D eigenvalue weighted by Crippen LogP contribution is -2.18. The zero-order valence-electron chi connectivity index (χ0n) is 18.9. The van der Waals surface area contributed by atoms with Crippen LogP contribution in [0, 0.1) is 0 Å². The van der Waals surface area contributed by atoms with Crippen molar-refractivity contribution in [1.82, 2.24) is 0 Å². The molecular weight excluding hydrogens is 630 g/mol. The first kappa shape index (κ1) is 31.0. The van der Waals surface area contributed by atoms with Crippen molar-refractivity contribution >= 4 is 68.8 Å². The summed E-state index contributed by atoms with van der Waals surface area (Å²) in [5.74, 6) is 0. The fraction of sp³-hybridized carbons (Fsp3) is 0.0769. The third-order valence-electron chi connectivity index (χ3n) is 5.19. The fourth-order valence-corrected chi connectivity index (χ4v) is 6.83. The van der Waals surface area contributed by atoms with Gasteiger partial charge in [0.05, 0.1) is 11.1 Å². The maximum Gasteiger partial charge on any atom is 0.417 e. The molecule has 0 radical (unpaired) electrons. The quantitative estimate of drug-likeness (QED) is 0.153. The average molecular weight is 646 g/mol. The molecule has 4 aromatic carbocycles. The molecule has 4 aromatic rings. The molecule has 0 aromatic heterocycles. The molecule has 0 atom stereocenters. The molecular formula is C26H16Cl4F6P2. The normalized spacial score (nSPS) is 11.9. The van der Waals surface area contributed by atoms with E-state index in [0.29, 0.717) is 22.3 Å². The first-order valence-electron chi connectivity index (χ1n) is 10.6. The van der Waals surface area contributed by atoms with Crippen LogP contribution >= 0.6 is 58.2 Å². The van der Waals surface area contributed by atoms with Crippen LogP contribution in [0.5, 0.6) is 0 Å². The van der Waals surface area contributed by atoms with Gasteiger partial charge in [-0.1, -0.05) is 130 Å². The summed E-state index contributed by atoms with van der Waals surface area (Å²) in [7, 11) is 0. The predicted molar refractivity (Wildman–Crippen MR) is 150 cm³/mol. The Morgan fingerprint density at radius 1 is 0.474 bits per heavy atom. The summed E-state index contributed by atoms with van der Waals surface area (Å²) < 4.78 is 78.0. The standard InChI is InChI=1S/2C13H8Cl2F3P/c14-19(15)12-10(9-5-2-1-3-6-9)7-4-8-11(12)13(16,17)18;14-19(15)12-7-6-10(8-11(12)13(16,17)18)9-4-2-1-3-5-9/h2*1-8H. The predicted octanol–water partition coefficient (Wildman–Crippen LogP) is 11.6. The van der Waals surface area contributed by atoms with E-state index in [4.69, 9.17) is 45.0 Å². The highest BCUT2D eigenvalue weighted by Crippen LogP contribution is 2.51. The number of alkyl halides is 6. The van der Waals surface area contributed by atoms with Gasteiger partial charge in [0.1, 0.15) is 13.3 Å². The van der Waals surface area contributed by atoms with E-state index >= 15 is 0 Å². The third kappa shape index (κ3) is 8.01. The number of hydrogen-bond acceptors (Lipinski definition) is 0. The van der Waals surface area contributed by atoms with Crippen LogP contribution in [0.3, 0.4) is 0 Å². The van der Waals surface area contributed by atoms with Crippen LogP contribution in [-0.2, 0) is 12.4 Å². The molecule has 0 fully saturated rings. The summed E-state index contributed by atoms with van der Waals surface area (Å²) in [6.45, 7) is -3.74. The molecule has 12 heteroatoms. The average Bonchev–Trinajstić information content (AvgIpc) is 2.88. The van der Waals surface area contributed by atoms with E-state index in [-0.39, 0.29) is 10.6 Å². The fourth-order valence-electron chi connectivity index (χ4n) is 3.53. The van der Waals surface area contributed by atoms with E-state index in [9.17, 15) is 26.3 Å². The highest BCUT2D eigenvalue weighted by molar-refractivity contribution is 8.09. The van der Waals surface area contributed by atoms with Crippen molar-refractivity contribution in [3.8, 4) is 22.3 Å². The van der Waals surface area contributed by atoms with Gasteiger partial charge in [-0.15, -0.1) is 0 Å². The zero-order chi connectivity index (χ0) is 28.1. The van der Waals surface area contributed by atoms with Gasteiger partial charge in [-0.05, 0) is 34.4 Å². The second-order valence-electron chi connectivity index (χ2n) is 7.63. The van der Waals surface area contributed by atoms with Gasteiger partial charge in [0.25, 0.3) is 0 Å². The van der Waals surface area contributed by atoms with E-state index in [1.807, 2.05) is 0 Å². The SMILES string of the molecule is FC(F)(F)c1cc(-c2ccccc2)ccc1P(Cl)Cl.FC(F)(F)c1cccc(-c2ccccc2)c1P(Cl)Cl. The molecule has 0 aliphatic carbocycles. The molecule has 0 bridgehead atoms. The molecule has 0 nitrogen and oxygen atoms in total. The minimum Gasteiger partial charge on any atom is -0.166 e. The number of halogens is 10. The van der Waals surface area contributed by atoms with E-state index in [1.54, 1.807) is 72.8 Å². The van der Waals surface area contributed by atoms with Crippen molar-refractivity contribution in [2.75, 3.05) is 0 Å². The van der Waals surface area contributed by atoms with Crippen molar-refractivity contribution in [3.63, 3.8) is 0 Å². The molecule has 0 heterocycles. The Kier molecular flexibility index (Phi) is 10.8. The molecule has 4 rings (SSSR count). The number of rotatable bonds is 4.